The van der Waals surface area contributed by atoms with Crippen LogP contribution in [0.25, 0.3) is 0 Å². The van der Waals surface area contributed by atoms with Crippen molar-refractivity contribution in [1.82, 2.24) is 4.98 Å². The standard InChI is InChI=1S/C37H72N2/c1-5-8-11-14-16-17-18-19-20-21-22-23-24-25-27-30-35(4)39-34-33-38-37(39)36(31-28-13-10-7-3)32-29-26-15-12-9-6-2/h33-36H,5-32H2,1-4H3/p+1. The number of H-pyrrole nitrogens is 1. The van der Waals surface area contributed by atoms with E-state index < -0.39 is 0 Å². The van der Waals surface area contributed by atoms with E-state index >= 15 is 0 Å². The zero-order chi connectivity index (χ0) is 28.2. The number of nitrogens with one attached hydrogen (secondary N) is 1. The average Bonchev–Trinajstić information content (AvgIpc) is 3.44. The van der Waals surface area contributed by atoms with Gasteiger partial charge in [-0.1, -0.05) is 175 Å². The van der Waals surface area contributed by atoms with Gasteiger partial charge >= 0.3 is 0 Å². The Morgan fingerprint density at radius 1 is 0.487 bits per heavy atom. The second-order valence-corrected chi connectivity index (χ2v) is 12.9. The number of nitrogens with zero attached hydrogens (tertiary/aromatic N) is 1. The SMILES string of the molecule is CCCCCCCCCCCCCCCCCC(C)[n+]1cc[nH]c1C(CCCCCC)CCCCCCCC. The Bertz CT molecular complexity index is 606. The van der Waals surface area contributed by atoms with E-state index in [4.69, 9.17) is 0 Å². The zero-order valence-electron chi connectivity index (χ0n) is 27.6. The predicted molar refractivity (Wildman–Crippen MR) is 175 cm³/mol. The normalized spacial score (nSPS) is 13.2. The van der Waals surface area contributed by atoms with Gasteiger partial charge in [0.1, 0.15) is 12.4 Å². The maximum Gasteiger partial charge on any atom is 0.257 e. The van der Waals surface area contributed by atoms with E-state index in [0.717, 1.165) is 0 Å². The van der Waals surface area contributed by atoms with Gasteiger partial charge in [0.2, 0.25) is 0 Å². The fourth-order valence-electron chi connectivity index (χ4n) is 6.43. The van der Waals surface area contributed by atoms with Crippen LogP contribution in [0.5, 0.6) is 0 Å². The number of rotatable bonds is 30. The first kappa shape index (κ1) is 36.2. The van der Waals surface area contributed by atoms with E-state index in [0.29, 0.717) is 12.0 Å². The number of aromatic amines is 1. The molecule has 1 aromatic heterocycles. The van der Waals surface area contributed by atoms with Crippen LogP contribution >= 0.6 is 0 Å². The summed E-state index contributed by atoms with van der Waals surface area (Å²) < 4.78 is 2.62. The van der Waals surface area contributed by atoms with Gasteiger partial charge in [0.15, 0.2) is 0 Å². The molecule has 0 aliphatic rings. The molecule has 0 spiro atoms. The summed E-state index contributed by atoms with van der Waals surface area (Å²) in [5, 5.41) is 0. The number of hydrogen-bond acceptors (Lipinski definition) is 0. The Labute approximate surface area is 246 Å². The predicted octanol–water partition coefficient (Wildman–Crippen LogP) is 12.9. The maximum absolute atomic E-state index is 3.71. The van der Waals surface area contributed by atoms with Gasteiger partial charge < -0.3 is 0 Å². The van der Waals surface area contributed by atoms with Gasteiger partial charge in [0.05, 0.1) is 12.0 Å². The summed E-state index contributed by atoms with van der Waals surface area (Å²) in [6.07, 6.45) is 44.2. The fourth-order valence-corrected chi connectivity index (χ4v) is 6.43. The summed E-state index contributed by atoms with van der Waals surface area (Å²) in [6.45, 7) is 9.41. The highest BCUT2D eigenvalue weighted by molar-refractivity contribution is 4.90. The van der Waals surface area contributed by atoms with Crippen LogP contribution in [0.2, 0.25) is 0 Å². The Morgan fingerprint density at radius 3 is 1.23 bits per heavy atom. The molecule has 2 atom stereocenters. The molecule has 1 heterocycles. The van der Waals surface area contributed by atoms with Crippen LogP contribution in [-0.4, -0.2) is 4.98 Å². The molecular weight excluding hydrogens is 472 g/mol. The summed E-state index contributed by atoms with van der Waals surface area (Å²) >= 11 is 0. The highest BCUT2D eigenvalue weighted by Crippen LogP contribution is 2.27. The summed E-state index contributed by atoms with van der Waals surface area (Å²) in [4.78, 5) is 3.71. The molecule has 0 aromatic carbocycles. The third kappa shape index (κ3) is 19.8. The molecule has 0 aliphatic heterocycles. The van der Waals surface area contributed by atoms with Gasteiger partial charge in [-0.3, -0.25) is 0 Å². The smallest absolute Gasteiger partial charge is 0.247 e. The minimum atomic E-state index is 0.621. The van der Waals surface area contributed by atoms with Crippen LogP contribution in [0.3, 0.4) is 0 Å². The minimum absolute atomic E-state index is 0.621. The lowest BCUT2D eigenvalue weighted by Gasteiger charge is -2.17. The second kappa shape index (κ2) is 27.4. The summed E-state index contributed by atoms with van der Waals surface area (Å²) in [5.41, 5.74) is 0. The van der Waals surface area contributed by atoms with Crippen LogP contribution in [0, 0.1) is 0 Å². The lowest BCUT2D eigenvalue weighted by Crippen LogP contribution is -2.41. The van der Waals surface area contributed by atoms with E-state index in [2.05, 4.69) is 49.6 Å². The first-order valence-corrected chi connectivity index (χ1v) is 18.3. The first-order valence-electron chi connectivity index (χ1n) is 18.3. The molecule has 0 radical (unpaired) electrons. The monoisotopic (exact) mass is 546 g/mol. The van der Waals surface area contributed by atoms with Gasteiger partial charge in [-0.15, -0.1) is 0 Å². The van der Waals surface area contributed by atoms with Gasteiger partial charge in [0, 0.05) is 0 Å². The lowest BCUT2D eigenvalue weighted by molar-refractivity contribution is -0.727. The molecule has 0 amide bonds. The van der Waals surface area contributed by atoms with Gasteiger partial charge in [-0.05, 0) is 32.6 Å². The Morgan fingerprint density at radius 2 is 0.821 bits per heavy atom. The van der Waals surface area contributed by atoms with Gasteiger partial charge in [-0.2, -0.15) is 0 Å². The Kier molecular flexibility index (Phi) is 25.4. The number of imidazole rings is 1. The van der Waals surface area contributed by atoms with Crippen molar-refractivity contribution >= 4 is 0 Å². The van der Waals surface area contributed by atoms with Crippen LogP contribution in [0.4, 0.5) is 0 Å². The van der Waals surface area contributed by atoms with E-state index in [1.165, 1.54) is 186 Å². The van der Waals surface area contributed by atoms with Crippen LogP contribution < -0.4 is 4.57 Å². The summed E-state index contributed by atoms with van der Waals surface area (Å²) in [6, 6.07) is 0.621. The molecule has 39 heavy (non-hydrogen) atoms. The van der Waals surface area contributed by atoms with Crippen molar-refractivity contribution in [3.05, 3.63) is 18.2 Å². The van der Waals surface area contributed by atoms with Gasteiger partial charge in [0.25, 0.3) is 5.82 Å². The highest BCUT2D eigenvalue weighted by Gasteiger charge is 2.25. The van der Waals surface area contributed by atoms with E-state index in [9.17, 15) is 0 Å². The van der Waals surface area contributed by atoms with Crippen LogP contribution in [0.15, 0.2) is 12.4 Å². The average molecular weight is 546 g/mol. The van der Waals surface area contributed by atoms with Crippen molar-refractivity contribution in [2.24, 2.45) is 0 Å². The van der Waals surface area contributed by atoms with Crippen molar-refractivity contribution in [3.63, 3.8) is 0 Å². The molecule has 1 rings (SSSR count). The summed E-state index contributed by atoms with van der Waals surface area (Å²) in [5.74, 6) is 2.24. The van der Waals surface area contributed by atoms with E-state index in [-0.39, 0.29) is 0 Å². The Hall–Kier alpha value is -0.790. The molecule has 2 unspecified atom stereocenters. The molecule has 0 aliphatic carbocycles. The van der Waals surface area contributed by atoms with Crippen molar-refractivity contribution < 1.29 is 4.57 Å². The molecule has 0 saturated heterocycles. The van der Waals surface area contributed by atoms with Gasteiger partial charge in [-0.25, -0.2) is 9.55 Å². The molecule has 2 nitrogen and oxygen atoms in total. The van der Waals surface area contributed by atoms with Crippen molar-refractivity contribution in [1.29, 1.82) is 0 Å². The second-order valence-electron chi connectivity index (χ2n) is 12.9. The molecular formula is C37H73N2+. The minimum Gasteiger partial charge on any atom is -0.247 e. The van der Waals surface area contributed by atoms with Crippen molar-refractivity contribution in [2.45, 2.75) is 219 Å². The molecule has 230 valence electrons. The van der Waals surface area contributed by atoms with E-state index in [1.807, 2.05) is 0 Å². The number of unbranched alkanes of at least 4 members (excludes halogenated alkanes) is 22. The number of aromatic nitrogens is 2. The first-order chi connectivity index (χ1) is 19.2. The summed E-state index contributed by atoms with van der Waals surface area (Å²) in [7, 11) is 0. The molecule has 0 bridgehead atoms. The molecule has 2 heteroatoms. The highest BCUT2D eigenvalue weighted by atomic mass is 15.1. The maximum atomic E-state index is 3.71. The molecule has 0 fully saturated rings. The van der Waals surface area contributed by atoms with Crippen LogP contribution in [-0.2, 0) is 0 Å². The number of hydrogen-bond donors (Lipinski definition) is 1. The molecule has 1 N–H and O–H groups in total. The topological polar surface area (TPSA) is 19.7 Å². The van der Waals surface area contributed by atoms with Crippen molar-refractivity contribution in [3.8, 4) is 0 Å². The van der Waals surface area contributed by atoms with E-state index in [1.54, 1.807) is 0 Å². The molecule has 1 aromatic rings. The quantitative estimate of drug-likeness (QED) is 0.0732. The van der Waals surface area contributed by atoms with Crippen LogP contribution in [0.1, 0.15) is 225 Å². The fraction of sp³-hybridized carbons (Fsp3) is 0.919. The largest absolute Gasteiger partial charge is 0.257 e. The zero-order valence-corrected chi connectivity index (χ0v) is 27.6. The third-order valence-electron chi connectivity index (χ3n) is 9.14. The lowest BCUT2D eigenvalue weighted by atomic mass is 9.93. The Balaban J connectivity index is 2.24. The van der Waals surface area contributed by atoms with Crippen molar-refractivity contribution in [2.75, 3.05) is 0 Å². The molecule has 0 saturated carbocycles. The third-order valence-corrected chi connectivity index (χ3v) is 9.14.